The Hall–Kier alpha value is -12.5. The van der Waals surface area contributed by atoms with Crippen LogP contribution in [0.2, 0.25) is 0 Å². The van der Waals surface area contributed by atoms with Crippen molar-refractivity contribution >= 4 is 158 Å². The first-order valence-corrected chi connectivity index (χ1v) is 33.8. The summed E-state index contributed by atoms with van der Waals surface area (Å²) >= 11 is 0. The molecule has 0 bridgehead atoms. The Balaban J connectivity index is 0.704. The molecular formula is C89H60B2N4O3. The number of para-hydroxylation sites is 2. The van der Waals surface area contributed by atoms with Crippen molar-refractivity contribution in [3.8, 4) is 34.1 Å². The Morgan fingerprint density at radius 3 is 1.36 bits per heavy atom. The second-order valence-corrected chi connectivity index (χ2v) is 26.5. The summed E-state index contributed by atoms with van der Waals surface area (Å²) in [5.41, 5.74) is 27.2. The number of ether oxygens (including phenoxy) is 2. The molecule has 7 nitrogen and oxygen atoms in total. The number of hydrogen-bond acceptors (Lipinski definition) is 7. The zero-order chi connectivity index (χ0) is 64.9. The van der Waals surface area contributed by atoms with Crippen LogP contribution in [0.3, 0.4) is 0 Å². The largest absolute Gasteiger partial charge is 0.458 e. The molecule has 0 N–H and O–H groups in total. The average Bonchev–Trinajstić information content (AvgIpc) is 0.808. The van der Waals surface area contributed by atoms with Crippen LogP contribution in [0.15, 0.2) is 314 Å². The van der Waals surface area contributed by atoms with Gasteiger partial charge >= 0.3 is 0 Å². The van der Waals surface area contributed by atoms with Crippen molar-refractivity contribution in [1.82, 2.24) is 0 Å². The highest BCUT2D eigenvalue weighted by Crippen LogP contribution is 2.50. The van der Waals surface area contributed by atoms with Crippen LogP contribution >= 0.6 is 0 Å². The van der Waals surface area contributed by atoms with Crippen LogP contribution in [0.4, 0.5) is 68.2 Å². The van der Waals surface area contributed by atoms with E-state index in [1.54, 1.807) is 0 Å². The van der Waals surface area contributed by atoms with Gasteiger partial charge in [-0.15, -0.1) is 0 Å². The third-order valence-corrected chi connectivity index (χ3v) is 20.7. The van der Waals surface area contributed by atoms with Crippen molar-refractivity contribution in [3.63, 3.8) is 0 Å². The Morgan fingerprint density at radius 1 is 0.316 bits per heavy atom. The molecule has 1 aromatic heterocycles. The number of furan rings is 1. The fraction of sp³-hybridized carbons (Fsp3) is 0.0337. The van der Waals surface area contributed by atoms with E-state index >= 15 is 0 Å². The molecule has 5 heterocycles. The lowest BCUT2D eigenvalue weighted by Gasteiger charge is -2.40. The van der Waals surface area contributed by atoms with Gasteiger partial charge in [0.25, 0.3) is 13.4 Å². The summed E-state index contributed by atoms with van der Waals surface area (Å²) in [5.74, 6) is 3.38. The molecule has 9 heteroatoms. The topological polar surface area (TPSA) is 44.6 Å². The fourth-order valence-electron chi connectivity index (χ4n) is 16.3. The van der Waals surface area contributed by atoms with Crippen LogP contribution in [0.25, 0.3) is 54.6 Å². The third kappa shape index (κ3) is 8.58. The SMILES string of the molecule is Cc1ccc(N(c2ccc(C)cc2)c2ccc3c(c2)Oc2cccc4c2B3c2c(ccc3ccccc23)N4c2cccc(-c3cccc4oc5c(N(c6ccc(C)cc6)c6ccc7c(c6)Oc6cccc8c6B7c6c(ccc7ccccc67)N8c6ccccc6)cccc5c34)c2)cc1. The molecule has 460 valence electrons. The van der Waals surface area contributed by atoms with Gasteiger partial charge in [-0.3, -0.25) is 0 Å². The van der Waals surface area contributed by atoms with Crippen molar-refractivity contribution in [2.45, 2.75) is 20.8 Å². The summed E-state index contributed by atoms with van der Waals surface area (Å²) in [4.78, 5) is 9.53. The Kier molecular flexibility index (Phi) is 12.4. The first-order valence-electron chi connectivity index (χ1n) is 33.8. The molecular weight excluding hydrogens is 1190 g/mol. The van der Waals surface area contributed by atoms with E-state index in [1.165, 1.54) is 60.3 Å². The number of nitrogens with zero attached hydrogens (tertiary/aromatic N) is 4. The van der Waals surface area contributed by atoms with Crippen molar-refractivity contribution in [2.75, 3.05) is 19.6 Å². The van der Waals surface area contributed by atoms with Gasteiger partial charge in [0, 0.05) is 85.5 Å². The van der Waals surface area contributed by atoms with E-state index in [2.05, 4.69) is 350 Å². The van der Waals surface area contributed by atoms with E-state index in [1.807, 2.05) is 0 Å². The summed E-state index contributed by atoms with van der Waals surface area (Å²) in [7, 11) is 0. The summed E-state index contributed by atoms with van der Waals surface area (Å²) in [6.45, 7) is 6.21. The summed E-state index contributed by atoms with van der Waals surface area (Å²) < 4.78 is 21.7. The van der Waals surface area contributed by atoms with Crippen LogP contribution in [-0.4, -0.2) is 13.4 Å². The highest BCUT2D eigenvalue weighted by atomic mass is 16.5. The second-order valence-electron chi connectivity index (χ2n) is 26.5. The van der Waals surface area contributed by atoms with Crippen LogP contribution in [0, 0.1) is 20.8 Å². The monoisotopic (exact) mass is 1250 g/mol. The number of aryl methyl sites for hydroxylation is 3. The van der Waals surface area contributed by atoms with Gasteiger partial charge in [-0.1, -0.05) is 193 Å². The fourth-order valence-corrected chi connectivity index (χ4v) is 16.3. The van der Waals surface area contributed by atoms with Crippen LogP contribution in [0.5, 0.6) is 23.0 Å². The van der Waals surface area contributed by atoms with Crippen LogP contribution in [-0.2, 0) is 0 Å². The number of hydrogen-bond donors (Lipinski definition) is 0. The van der Waals surface area contributed by atoms with Crippen LogP contribution in [0.1, 0.15) is 16.7 Å². The summed E-state index contributed by atoms with van der Waals surface area (Å²) in [6, 6.07) is 113. The van der Waals surface area contributed by atoms with E-state index in [0.29, 0.717) is 0 Å². The first kappa shape index (κ1) is 55.9. The maximum Gasteiger partial charge on any atom is 0.257 e. The van der Waals surface area contributed by atoms with Crippen molar-refractivity contribution in [3.05, 3.63) is 326 Å². The van der Waals surface area contributed by atoms with E-state index < -0.39 is 0 Å². The standard InChI is InChI=1S/C89H60B2N4O3/c1-55-32-40-62(41-33-55)92(63-42-34-56(2)35-43-63)66-46-48-72-82(53-66)96-81-31-15-27-75-88(81)91(72)86-70-23-10-8-17-59(70)39-51-77(86)95(75)65-21-11-18-60(52-65)68-24-13-29-79-84(68)71-25-12-28-78(89(71)98-79)93(64-44-36-57(3)37-45-64)67-47-49-73-83(54-67)97-80-30-14-26-74-87(80)90(73)85-69-22-9-7-16-58(69)38-50-76(85)94(74)61-19-5-4-6-20-61/h4-54H,1-3H3. The maximum atomic E-state index is 7.26. The van der Waals surface area contributed by atoms with E-state index in [0.717, 1.165) is 135 Å². The number of benzene rings is 15. The quantitative estimate of drug-likeness (QED) is 0.133. The zero-order valence-corrected chi connectivity index (χ0v) is 54.1. The molecule has 98 heavy (non-hydrogen) atoms. The minimum Gasteiger partial charge on any atom is -0.458 e. The molecule has 0 spiro atoms. The number of anilines is 12. The molecule has 0 radical (unpaired) electrons. The zero-order valence-electron chi connectivity index (χ0n) is 54.1. The highest BCUT2D eigenvalue weighted by Gasteiger charge is 2.45. The Morgan fingerprint density at radius 2 is 0.776 bits per heavy atom. The lowest BCUT2D eigenvalue weighted by atomic mass is 9.33. The number of fused-ring (bicyclic) bond motifs is 15. The van der Waals surface area contributed by atoms with Crippen LogP contribution < -0.4 is 61.9 Å². The molecule has 4 aliphatic rings. The molecule has 0 saturated carbocycles. The first-order chi connectivity index (χ1) is 48.3. The smallest absolute Gasteiger partial charge is 0.257 e. The maximum absolute atomic E-state index is 7.26. The molecule has 20 rings (SSSR count). The van der Waals surface area contributed by atoms with Crippen molar-refractivity contribution < 1.29 is 13.9 Å². The molecule has 15 aromatic carbocycles. The molecule has 0 saturated heterocycles. The Bertz CT molecular complexity index is 5930. The van der Waals surface area contributed by atoms with Gasteiger partial charge < -0.3 is 33.5 Å². The molecule has 0 unspecified atom stereocenters. The molecule has 16 aromatic rings. The Labute approximate surface area is 569 Å². The summed E-state index contributed by atoms with van der Waals surface area (Å²) in [6.07, 6.45) is 0. The van der Waals surface area contributed by atoms with Gasteiger partial charge in [-0.2, -0.15) is 0 Å². The minimum absolute atomic E-state index is 0.0870. The predicted octanol–water partition coefficient (Wildman–Crippen LogP) is 20.2. The van der Waals surface area contributed by atoms with Gasteiger partial charge in [0.15, 0.2) is 5.58 Å². The molecule has 4 aliphatic heterocycles. The normalized spacial score (nSPS) is 12.9. The lowest BCUT2D eigenvalue weighted by Crippen LogP contribution is -2.59. The van der Waals surface area contributed by atoms with Gasteiger partial charge in [0.2, 0.25) is 0 Å². The predicted molar refractivity (Wildman–Crippen MR) is 409 cm³/mol. The third-order valence-electron chi connectivity index (χ3n) is 20.7. The number of rotatable bonds is 9. The van der Waals surface area contributed by atoms with Gasteiger partial charge in [-0.25, -0.2) is 0 Å². The van der Waals surface area contributed by atoms with Crippen molar-refractivity contribution in [1.29, 1.82) is 0 Å². The van der Waals surface area contributed by atoms with Gasteiger partial charge in [0.1, 0.15) is 28.6 Å². The van der Waals surface area contributed by atoms with Gasteiger partial charge in [0.05, 0.1) is 5.69 Å². The van der Waals surface area contributed by atoms with Crippen molar-refractivity contribution in [2.24, 2.45) is 0 Å². The highest BCUT2D eigenvalue weighted by molar-refractivity contribution is 7.01. The van der Waals surface area contributed by atoms with E-state index in [-0.39, 0.29) is 13.4 Å². The molecule has 0 atom stereocenters. The van der Waals surface area contributed by atoms with Gasteiger partial charge in [-0.05, 0) is 208 Å². The molecule has 0 aliphatic carbocycles. The average molecular weight is 1260 g/mol. The summed E-state index contributed by atoms with van der Waals surface area (Å²) in [5, 5.41) is 6.92. The molecule has 0 amide bonds. The minimum atomic E-state index is -0.109. The molecule has 0 fully saturated rings. The second kappa shape index (κ2) is 21.8. The van der Waals surface area contributed by atoms with E-state index in [9.17, 15) is 0 Å². The van der Waals surface area contributed by atoms with E-state index in [4.69, 9.17) is 13.9 Å². The lowest BCUT2D eigenvalue weighted by molar-refractivity contribution is 0.487.